The molecule has 1 saturated heterocycles. The van der Waals surface area contributed by atoms with Gasteiger partial charge in [0, 0.05) is 24.4 Å². The van der Waals surface area contributed by atoms with E-state index < -0.39 is 5.54 Å². The monoisotopic (exact) mass is 488 g/mol. The molecule has 1 spiro atoms. The van der Waals surface area contributed by atoms with E-state index in [0.29, 0.717) is 58.1 Å². The van der Waals surface area contributed by atoms with Crippen molar-refractivity contribution in [1.82, 2.24) is 9.97 Å². The molecule has 35 heavy (non-hydrogen) atoms. The Hall–Kier alpha value is -3.88. The third kappa shape index (κ3) is 3.71. The van der Waals surface area contributed by atoms with Crippen molar-refractivity contribution >= 4 is 45.7 Å². The van der Waals surface area contributed by atoms with E-state index in [-0.39, 0.29) is 23.3 Å². The van der Waals surface area contributed by atoms with Gasteiger partial charge in [-0.1, -0.05) is 29.8 Å². The number of carbonyl (C=O) groups is 2. The van der Waals surface area contributed by atoms with Gasteiger partial charge in [-0.25, -0.2) is 4.98 Å². The molecule has 0 aliphatic carbocycles. The van der Waals surface area contributed by atoms with Crippen molar-refractivity contribution in [2.45, 2.75) is 18.4 Å². The molecule has 9 heteroatoms. The fraction of sp³-hybridized carbons (Fsp3) is 0.192. The highest BCUT2D eigenvalue weighted by atomic mass is 35.5. The fourth-order valence-electron chi connectivity index (χ4n) is 4.62. The molecule has 0 saturated carbocycles. The zero-order valence-corrected chi connectivity index (χ0v) is 19.3. The van der Waals surface area contributed by atoms with Gasteiger partial charge in [-0.15, -0.1) is 0 Å². The Kier molecular flexibility index (Phi) is 5.20. The number of hydrogen-bond acceptors (Lipinski definition) is 6. The number of anilines is 2. The second-order valence-corrected chi connectivity index (χ2v) is 9.08. The Morgan fingerprint density at radius 2 is 1.97 bits per heavy atom. The van der Waals surface area contributed by atoms with Gasteiger partial charge in [0.2, 0.25) is 0 Å². The molecule has 176 valence electrons. The average Bonchev–Trinajstić information content (AvgIpc) is 3.31. The number of rotatable bonds is 4. The average molecular weight is 489 g/mol. The van der Waals surface area contributed by atoms with Crippen molar-refractivity contribution in [1.29, 1.82) is 0 Å². The van der Waals surface area contributed by atoms with E-state index >= 15 is 0 Å². The van der Waals surface area contributed by atoms with Crippen molar-refractivity contribution < 1.29 is 19.1 Å². The summed E-state index contributed by atoms with van der Waals surface area (Å²) >= 11 is 6.52. The van der Waals surface area contributed by atoms with Crippen LogP contribution in [0.1, 0.15) is 28.8 Å². The number of nitrogens with one attached hydrogen (secondary N) is 3. The second-order valence-electron chi connectivity index (χ2n) is 8.68. The van der Waals surface area contributed by atoms with Gasteiger partial charge in [-0.05, 0) is 37.1 Å². The van der Waals surface area contributed by atoms with Crippen LogP contribution in [0.25, 0.3) is 11.0 Å². The van der Waals surface area contributed by atoms with Crippen LogP contribution in [-0.2, 0) is 9.53 Å². The van der Waals surface area contributed by atoms with Gasteiger partial charge in [-0.3, -0.25) is 9.59 Å². The summed E-state index contributed by atoms with van der Waals surface area (Å²) in [5, 5.41) is 7.19. The molecule has 8 nitrogen and oxygen atoms in total. The van der Waals surface area contributed by atoms with Crippen LogP contribution < -0.4 is 15.4 Å². The predicted octanol–water partition coefficient (Wildman–Crippen LogP) is 5.15. The molecule has 2 aromatic heterocycles. The van der Waals surface area contributed by atoms with Gasteiger partial charge in [0.15, 0.2) is 5.78 Å². The molecule has 0 unspecified atom stereocenters. The maximum Gasteiger partial charge on any atom is 0.252 e. The van der Waals surface area contributed by atoms with Gasteiger partial charge < -0.3 is 25.1 Å². The Morgan fingerprint density at radius 1 is 1.11 bits per heavy atom. The highest BCUT2D eigenvalue weighted by Gasteiger charge is 2.44. The van der Waals surface area contributed by atoms with E-state index in [4.69, 9.17) is 21.1 Å². The molecule has 1 amide bonds. The number of pyridine rings is 1. The second kappa shape index (κ2) is 8.41. The van der Waals surface area contributed by atoms with Crippen LogP contribution in [0.5, 0.6) is 11.5 Å². The SMILES string of the molecule is O=C(c1ccc(Oc2ccccc2)cc1Cl)c1c[nH]c2ncc3c(c12)N[C@@]1(CCCOC1)C(=O)N3. The van der Waals surface area contributed by atoms with Crippen molar-refractivity contribution in [3.05, 3.63) is 77.1 Å². The number of benzene rings is 2. The number of ketones is 1. The van der Waals surface area contributed by atoms with Crippen LogP contribution >= 0.6 is 11.6 Å². The Balaban J connectivity index is 1.37. The Morgan fingerprint density at radius 3 is 2.74 bits per heavy atom. The molecular formula is C26H21ClN4O4. The van der Waals surface area contributed by atoms with Crippen molar-refractivity contribution in [2.24, 2.45) is 0 Å². The highest BCUT2D eigenvalue weighted by molar-refractivity contribution is 6.36. The van der Waals surface area contributed by atoms with Gasteiger partial charge in [0.1, 0.15) is 22.7 Å². The van der Waals surface area contributed by atoms with Crippen molar-refractivity contribution in [2.75, 3.05) is 23.8 Å². The Labute approximate surface area is 205 Å². The summed E-state index contributed by atoms with van der Waals surface area (Å²) in [4.78, 5) is 34.0. The molecular weight excluding hydrogens is 468 g/mol. The standard InChI is InChI=1S/C26H21ClN4O4/c27-19-11-16(35-15-5-2-1-3-6-15)7-8-17(19)23(32)18-12-28-24-21(18)22-20(13-29-24)30-25(33)26(31-22)9-4-10-34-14-26/h1-3,5-8,11-13,31H,4,9-10,14H2,(H,28,29)(H,30,33)/t26-/m1/s1. The largest absolute Gasteiger partial charge is 0.457 e. The highest BCUT2D eigenvalue weighted by Crippen LogP contribution is 2.41. The summed E-state index contributed by atoms with van der Waals surface area (Å²) in [6, 6.07) is 14.3. The predicted molar refractivity (Wildman–Crippen MR) is 133 cm³/mol. The summed E-state index contributed by atoms with van der Waals surface area (Å²) in [6.07, 6.45) is 4.58. The number of aromatic amines is 1. The van der Waals surface area contributed by atoms with Crippen LogP contribution in [0.2, 0.25) is 5.02 Å². The zero-order chi connectivity index (χ0) is 24.0. The van der Waals surface area contributed by atoms with Gasteiger partial charge in [0.05, 0.1) is 40.2 Å². The number of carbonyl (C=O) groups excluding carboxylic acids is 2. The van der Waals surface area contributed by atoms with E-state index in [2.05, 4.69) is 20.6 Å². The van der Waals surface area contributed by atoms with Crippen LogP contribution in [0.4, 0.5) is 11.4 Å². The molecule has 0 bridgehead atoms. The lowest BCUT2D eigenvalue weighted by Crippen LogP contribution is -2.57. The van der Waals surface area contributed by atoms with Crippen molar-refractivity contribution in [3.63, 3.8) is 0 Å². The topological polar surface area (TPSA) is 105 Å². The normalized spacial score (nSPS) is 19.2. The van der Waals surface area contributed by atoms with E-state index in [1.165, 1.54) is 0 Å². The number of halogens is 1. The third-order valence-corrected chi connectivity index (χ3v) is 6.71. The molecule has 1 atom stereocenters. The lowest BCUT2D eigenvalue weighted by Gasteiger charge is -2.41. The van der Waals surface area contributed by atoms with Gasteiger partial charge >= 0.3 is 0 Å². The number of ether oxygens (including phenoxy) is 2. The third-order valence-electron chi connectivity index (χ3n) is 6.40. The quantitative estimate of drug-likeness (QED) is 0.343. The minimum absolute atomic E-state index is 0.161. The minimum atomic E-state index is -0.884. The molecule has 4 heterocycles. The van der Waals surface area contributed by atoms with Crippen LogP contribution in [0, 0.1) is 0 Å². The van der Waals surface area contributed by atoms with Crippen LogP contribution in [0.3, 0.4) is 0 Å². The van der Waals surface area contributed by atoms with Gasteiger partial charge in [-0.2, -0.15) is 0 Å². The van der Waals surface area contributed by atoms with E-state index in [0.717, 1.165) is 6.42 Å². The lowest BCUT2D eigenvalue weighted by atomic mass is 9.88. The maximum absolute atomic E-state index is 13.6. The first kappa shape index (κ1) is 21.6. The van der Waals surface area contributed by atoms with Crippen LogP contribution in [0.15, 0.2) is 60.9 Å². The number of nitrogens with zero attached hydrogens (tertiary/aromatic N) is 1. The number of H-pyrrole nitrogens is 1. The smallest absolute Gasteiger partial charge is 0.252 e. The van der Waals surface area contributed by atoms with Crippen molar-refractivity contribution in [3.8, 4) is 11.5 Å². The molecule has 4 aromatic rings. The molecule has 1 fully saturated rings. The first-order chi connectivity index (χ1) is 17.0. The van der Waals surface area contributed by atoms with Gasteiger partial charge in [0.25, 0.3) is 5.91 Å². The molecule has 2 aromatic carbocycles. The first-order valence-electron chi connectivity index (χ1n) is 11.3. The summed E-state index contributed by atoms with van der Waals surface area (Å²) in [6.45, 7) is 0.871. The molecule has 2 aliphatic heterocycles. The number of hydrogen-bond donors (Lipinski definition) is 3. The molecule has 6 rings (SSSR count). The van der Waals surface area contributed by atoms with E-state index in [1.807, 2.05) is 30.3 Å². The molecule has 2 aliphatic rings. The Bertz CT molecular complexity index is 1460. The fourth-order valence-corrected chi connectivity index (χ4v) is 4.88. The van der Waals surface area contributed by atoms with Crippen LogP contribution in [-0.4, -0.2) is 40.4 Å². The summed E-state index contributed by atoms with van der Waals surface area (Å²) in [5.41, 5.74) is 1.54. The van der Waals surface area contributed by atoms with E-state index in [9.17, 15) is 9.59 Å². The minimum Gasteiger partial charge on any atom is -0.457 e. The number of amides is 1. The maximum atomic E-state index is 13.6. The first-order valence-corrected chi connectivity index (χ1v) is 11.7. The lowest BCUT2D eigenvalue weighted by molar-refractivity contribution is -0.124. The number of para-hydroxylation sites is 1. The zero-order valence-electron chi connectivity index (χ0n) is 18.6. The van der Waals surface area contributed by atoms with E-state index in [1.54, 1.807) is 30.6 Å². The number of fused-ring (bicyclic) bond motifs is 3. The number of aromatic nitrogens is 2. The summed E-state index contributed by atoms with van der Waals surface area (Å²) < 4.78 is 11.4. The molecule has 3 N–H and O–H groups in total. The summed E-state index contributed by atoms with van der Waals surface area (Å²) in [7, 11) is 0. The summed E-state index contributed by atoms with van der Waals surface area (Å²) in [5.74, 6) is 0.770. The molecule has 0 radical (unpaired) electrons.